The van der Waals surface area contributed by atoms with E-state index < -0.39 is 12.6 Å². The molecule has 0 unspecified atom stereocenters. The van der Waals surface area contributed by atoms with Crippen LogP contribution in [0.1, 0.15) is 56.1 Å². The van der Waals surface area contributed by atoms with E-state index in [0.29, 0.717) is 40.1 Å². The van der Waals surface area contributed by atoms with E-state index in [9.17, 15) is 24.9 Å². The Bertz CT molecular complexity index is 946. The maximum Gasteiger partial charge on any atom is 0.355 e. The summed E-state index contributed by atoms with van der Waals surface area (Å²) in [5.74, 6) is -0.917. The monoisotopic (exact) mass is 430 g/mol. The van der Waals surface area contributed by atoms with Gasteiger partial charge in [0, 0.05) is 23.7 Å². The number of hydrogen-bond donors (Lipinski definition) is 5. The zero-order valence-electron chi connectivity index (χ0n) is 18.0. The minimum absolute atomic E-state index is 0.0883. The molecule has 8 nitrogen and oxygen atoms in total. The highest BCUT2D eigenvalue weighted by molar-refractivity contribution is 6.12. The van der Waals surface area contributed by atoms with Gasteiger partial charge in [-0.1, -0.05) is 12.1 Å². The Morgan fingerprint density at radius 1 is 1.13 bits per heavy atom. The molecule has 1 aromatic carbocycles. The molecule has 0 radical (unpaired) electrons. The van der Waals surface area contributed by atoms with Gasteiger partial charge in [-0.05, 0) is 42.1 Å². The number of esters is 1. The fourth-order valence-corrected chi connectivity index (χ4v) is 3.71. The predicted octanol–water partition coefficient (Wildman–Crippen LogP) is 2.06. The van der Waals surface area contributed by atoms with Gasteiger partial charge in [-0.2, -0.15) is 0 Å². The van der Waals surface area contributed by atoms with Crippen molar-refractivity contribution in [3.8, 4) is 11.1 Å². The number of Topliss-reactive ketones (excluding diaryl/α,β-unsaturated/α-hetero) is 1. The molecule has 1 fully saturated rings. The van der Waals surface area contributed by atoms with Crippen molar-refractivity contribution in [3.63, 3.8) is 0 Å². The van der Waals surface area contributed by atoms with Crippen molar-refractivity contribution < 1.29 is 29.6 Å². The number of rotatable bonds is 9. The van der Waals surface area contributed by atoms with Crippen LogP contribution in [0.3, 0.4) is 0 Å². The summed E-state index contributed by atoms with van der Waals surface area (Å²) in [6, 6.07) is 3.35. The van der Waals surface area contributed by atoms with Gasteiger partial charge in [0.15, 0.2) is 5.78 Å². The van der Waals surface area contributed by atoms with E-state index in [1.807, 2.05) is 0 Å². The van der Waals surface area contributed by atoms with E-state index in [0.717, 1.165) is 12.8 Å². The number of hydrogen-bond acceptors (Lipinski definition) is 7. The maximum absolute atomic E-state index is 13.1. The SMILES string of the molecule is C=C.CNCc1[nH]c(C(=O)OC)c(C(=O)C2CC2)c1-c1ccc(CO)c(CO)c1CO. The van der Waals surface area contributed by atoms with E-state index in [1.165, 1.54) is 7.11 Å². The molecule has 168 valence electrons. The lowest BCUT2D eigenvalue weighted by molar-refractivity contribution is 0.0590. The van der Waals surface area contributed by atoms with Crippen LogP contribution in [0.5, 0.6) is 0 Å². The molecule has 0 spiro atoms. The molecule has 1 aromatic heterocycles. The van der Waals surface area contributed by atoms with Crippen molar-refractivity contribution in [3.05, 3.63) is 58.9 Å². The standard InChI is InChI=1S/C21H26N2O6.C2H4/c1-22-7-16-17(13-6-5-12(8-24)14(9-25)15(13)10-26)18(20(27)11-3-4-11)19(23-16)21(28)29-2;1-2/h5-6,11,22-26H,3-4,7-10H2,1-2H3;1-2H2. The molecule has 1 aliphatic carbocycles. The first kappa shape index (κ1) is 24.5. The molecule has 0 atom stereocenters. The molecule has 0 aliphatic heterocycles. The van der Waals surface area contributed by atoms with Crippen LogP contribution in [-0.2, 0) is 31.1 Å². The van der Waals surface area contributed by atoms with Crippen LogP contribution in [-0.4, -0.2) is 46.2 Å². The Hall–Kier alpha value is -2.78. The summed E-state index contributed by atoms with van der Waals surface area (Å²) < 4.78 is 4.88. The van der Waals surface area contributed by atoms with Gasteiger partial charge >= 0.3 is 5.97 Å². The van der Waals surface area contributed by atoms with E-state index in [2.05, 4.69) is 23.5 Å². The molecule has 3 rings (SSSR count). The largest absolute Gasteiger partial charge is 0.464 e. The van der Waals surface area contributed by atoms with Crippen LogP contribution >= 0.6 is 0 Å². The number of aliphatic hydroxyl groups excluding tert-OH is 3. The number of methoxy groups -OCH3 is 1. The second kappa shape index (κ2) is 11.0. The summed E-state index contributed by atoms with van der Waals surface area (Å²) in [5, 5.41) is 32.5. The van der Waals surface area contributed by atoms with E-state index in [-0.39, 0.29) is 36.2 Å². The van der Waals surface area contributed by atoms with Crippen LogP contribution in [0.15, 0.2) is 25.3 Å². The Balaban J connectivity index is 0.00000166. The number of aliphatic hydroxyl groups is 3. The highest BCUT2D eigenvalue weighted by atomic mass is 16.5. The number of H-pyrrole nitrogens is 1. The van der Waals surface area contributed by atoms with Crippen molar-refractivity contribution in [2.45, 2.75) is 39.2 Å². The first-order chi connectivity index (χ1) is 15.0. The smallest absolute Gasteiger partial charge is 0.355 e. The zero-order valence-corrected chi connectivity index (χ0v) is 18.0. The van der Waals surface area contributed by atoms with Gasteiger partial charge in [0.2, 0.25) is 0 Å². The number of ketones is 1. The van der Waals surface area contributed by atoms with Crippen molar-refractivity contribution in [2.75, 3.05) is 14.2 Å². The molecule has 1 heterocycles. The van der Waals surface area contributed by atoms with Crippen LogP contribution in [0, 0.1) is 5.92 Å². The van der Waals surface area contributed by atoms with Gasteiger partial charge in [-0.25, -0.2) is 4.79 Å². The van der Waals surface area contributed by atoms with Crippen LogP contribution in [0.25, 0.3) is 11.1 Å². The molecule has 0 bridgehead atoms. The van der Waals surface area contributed by atoms with Gasteiger partial charge in [-0.15, -0.1) is 13.2 Å². The maximum atomic E-state index is 13.1. The number of aromatic amines is 1. The normalized spacial score (nSPS) is 12.8. The molecule has 31 heavy (non-hydrogen) atoms. The summed E-state index contributed by atoms with van der Waals surface area (Å²) in [7, 11) is 3.00. The number of ether oxygens (including phenoxy) is 1. The van der Waals surface area contributed by atoms with Crippen molar-refractivity contribution in [1.82, 2.24) is 10.3 Å². The van der Waals surface area contributed by atoms with Gasteiger partial charge < -0.3 is 30.4 Å². The minimum Gasteiger partial charge on any atom is -0.464 e. The quantitative estimate of drug-likeness (QED) is 0.234. The average molecular weight is 431 g/mol. The fraction of sp³-hybridized carbons (Fsp3) is 0.391. The third kappa shape index (κ3) is 4.77. The Labute approximate surface area is 181 Å². The second-order valence-corrected chi connectivity index (χ2v) is 7.09. The second-order valence-electron chi connectivity index (χ2n) is 7.09. The van der Waals surface area contributed by atoms with E-state index in [1.54, 1.807) is 19.2 Å². The molecule has 8 heteroatoms. The molecule has 5 N–H and O–H groups in total. The zero-order chi connectivity index (χ0) is 23.1. The Kier molecular flexibility index (Phi) is 8.70. The summed E-state index contributed by atoms with van der Waals surface area (Å²) >= 11 is 0. The number of aromatic nitrogens is 1. The van der Waals surface area contributed by atoms with Crippen LogP contribution in [0.2, 0.25) is 0 Å². The average Bonchev–Trinajstić information content (AvgIpc) is 3.59. The van der Waals surface area contributed by atoms with Crippen molar-refractivity contribution in [1.29, 1.82) is 0 Å². The van der Waals surface area contributed by atoms with Gasteiger partial charge in [0.05, 0.1) is 32.5 Å². The molecule has 0 amide bonds. The highest BCUT2D eigenvalue weighted by Crippen LogP contribution is 2.41. The number of carbonyl (C=O) groups excluding carboxylic acids is 2. The highest BCUT2D eigenvalue weighted by Gasteiger charge is 2.37. The molecule has 1 aliphatic rings. The van der Waals surface area contributed by atoms with Crippen LogP contribution < -0.4 is 5.32 Å². The lowest BCUT2D eigenvalue weighted by Crippen LogP contribution is -2.12. The summed E-state index contributed by atoms with van der Waals surface area (Å²) in [4.78, 5) is 28.6. The molecular formula is C23H30N2O6. The number of benzene rings is 1. The number of nitrogens with one attached hydrogen (secondary N) is 2. The first-order valence-electron chi connectivity index (χ1n) is 10.0. The third-order valence-electron chi connectivity index (χ3n) is 5.30. The fourth-order valence-electron chi connectivity index (χ4n) is 3.71. The molecule has 1 saturated carbocycles. The third-order valence-corrected chi connectivity index (χ3v) is 5.30. The molecule has 0 saturated heterocycles. The van der Waals surface area contributed by atoms with Gasteiger partial charge in [0.1, 0.15) is 5.69 Å². The molecular weight excluding hydrogens is 400 g/mol. The Morgan fingerprint density at radius 3 is 2.26 bits per heavy atom. The summed E-state index contributed by atoms with van der Waals surface area (Å²) in [5.41, 5.74) is 3.31. The van der Waals surface area contributed by atoms with Crippen molar-refractivity contribution >= 4 is 11.8 Å². The topological polar surface area (TPSA) is 132 Å². The summed E-state index contributed by atoms with van der Waals surface area (Å²) in [6.07, 6.45) is 1.53. The summed E-state index contributed by atoms with van der Waals surface area (Å²) in [6.45, 7) is 5.29. The van der Waals surface area contributed by atoms with Gasteiger partial charge in [0.25, 0.3) is 0 Å². The predicted molar refractivity (Wildman–Crippen MR) is 116 cm³/mol. The van der Waals surface area contributed by atoms with Crippen molar-refractivity contribution in [2.24, 2.45) is 5.92 Å². The van der Waals surface area contributed by atoms with Crippen LogP contribution in [0.4, 0.5) is 0 Å². The lowest BCUT2D eigenvalue weighted by atomic mass is 9.88. The van der Waals surface area contributed by atoms with E-state index >= 15 is 0 Å². The number of carbonyl (C=O) groups is 2. The van der Waals surface area contributed by atoms with Gasteiger partial charge in [-0.3, -0.25) is 4.79 Å². The Morgan fingerprint density at radius 2 is 1.77 bits per heavy atom. The van der Waals surface area contributed by atoms with E-state index in [4.69, 9.17) is 4.74 Å². The first-order valence-corrected chi connectivity index (χ1v) is 10.0. The minimum atomic E-state index is -0.641. The lowest BCUT2D eigenvalue weighted by Gasteiger charge is -2.17. The molecule has 2 aromatic rings.